The molecular formula is C22H32N4O. The summed E-state index contributed by atoms with van der Waals surface area (Å²) in [6.45, 7) is 9.88. The van der Waals surface area contributed by atoms with E-state index in [0.29, 0.717) is 17.3 Å². The molecule has 27 heavy (non-hydrogen) atoms. The van der Waals surface area contributed by atoms with E-state index in [2.05, 4.69) is 71.2 Å². The van der Waals surface area contributed by atoms with Crippen molar-refractivity contribution in [1.29, 1.82) is 0 Å². The fraction of sp³-hybridized carbons (Fsp3) is 0.636. The van der Waals surface area contributed by atoms with Crippen molar-refractivity contribution in [2.45, 2.75) is 44.9 Å². The van der Waals surface area contributed by atoms with E-state index in [1.807, 2.05) is 0 Å². The highest BCUT2D eigenvalue weighted by molar-refractivity contribution is 5.15. The molecule has 1 aromatic heterocycles. The molecular weight excluding hydrogens is 336 g/mol. The summed E-state index contributed by atoms with van der Waals surface area (Å²) in [7, 11) is 2.23. The van der Waals surface area contributed by atoms with Crippen molar-refractivity contribution in [3.8, 4) is 0 Å². The fourth-order valence-electron chi connectivity index (χ4n) is 4.84. The van der Waals surface area contributed by atoms with Gasteiger partial charge in [-0.2, -0.15) is 0 Å². The Kier molecular flexibility index (Phi) is 5.33. The van der Waals surface area contributed by atoms with Crippen LogP contribution in [-0.2, 0) is 6.42 Å². The Morgan fingerprint density at radius 1 is 1.15 bits per heavy atom. The van der Waals surface area contributed by atoms with Gasteiger partial charge in [0.25, 0.3) is 0 Å². The first-order valence-electron chi connectivity index (χ1n) is 10.3. The third-order valence-electron chi connectivity index (χ3n) is 6.48. The van der Waals surface area contributed by atoms with Crippen LogP contribution in [0.15, 0.2) is 34.7 Å². The number of hydrogen-bond acceptors (Lipinski definition) is 5. The van der Waals surface area contributed by atoms with Crippen molar-refractivity contribution in [2.24, 2.45) is 5.41 Å². The number of benzene rings is 1. The molecule has 0 amide bonds. The van der Waals surface area contributed by atoms with Gasteiger partial charge in [-0.25, -0.2) is 0 Å². The van der Waals surface area contributed by atoms with Crippen LogP contribution in [0.1, 0.15) is 55.9 Å². The van der Waals surface area contributed by atoms with Crippen molar-refractivity contribution in [2.75, 3.05) is 39.8 Å². The van der Waals surface area contributed by atoms with E-state index in [1.165, 1.54) is 31.5 Å². The second-order valence-electron chi connectivity index (χ2n) is 8.82. The van der Waals surface area contributed by atoms with Crippen LogP contribution in [0.25, 0.3) is 0 Å². The van der Waals surface area contributed by atoms with Crippen molar-refractivity contribution < 1.29 is 4.42 Å². The van der Waals surface area contributed by atoms with Crippen molar-refractivity contribution in [1.82, 2.24) is 20.0 Å². The summed E-state index contributed by atoms with van der Waals surface area (Å²) in [6, 6.07) is 10.8. The molecule has 0 saturated carbocycles. The number of piperidine rings is 1. The largest absolute Gasteiger partial charge is 0.425 e. The zero-order valence-corrected chi connectivity index (χ0v) is 16.9. The summed E-state index contributed by atoms with van der Waals surface area (Å²) < 4.78 is 6.07. The van der Waals surface area contributed by atoms with E-state index in [4.69, 9.17) is 4.42 Å². The molecule has 5 nitrogen and oxygen atoms in total. The summed E-state index contributed by atoms with van der Waals surface area (Å²) in [6.07, 6.45) is 3.57. The molecule has 3 heterocycles. The van der Waals surface area contributed by atoms with E-state index in [0.717, 1.165) is 37.8 Å². The Morgan fingerprint density at radius 3 is 2.56 bits per heavy atom. The zero-order chi connectivity index (χ0) is 18.9. The van der Waals surface area contributed by atoms with Gasteiger partial charge in [0.05, 0.1) is 5.92 Å². The highest BCUT2D eigenvalue weighted by Gasteiger charge is 2.49. The Morgan fingerprint density at radius 2 is 1.89 bits per heavy atom. The highest BCUT2D eigenvalue weighted by Crippen LogP contribution is 2.49. The quantitative estimate of drug-likeness (QED) is 0.808. The number of aromatic nitrogens is 2. The van der Waals surface area contributed by atoms with Gasteiger partial charge in [-0.1, -0.05) is 44.2 Å². The van der Waals surface area contributed by atoms with Crippen molar-refractivity contribution >= 4 is 0 Å². The maximum atomic E-state index is 6.07. The van der Waals surface area contributed by atoms with Gasteiger partial charge in [0.2, 0.25) is 11.8 Å². The lowest BCUT2D eigenvalue weighted by atomic mass is 9.70. The van der Waals surface area contributed by atoms with Crippen LogP contribution in [-0.4, -0.2) is 59.8 Å². The molecule has 0 aliphatic carbocycles. The Hall–Kier alpha value is -1.72. The van der Waals surface area contributed by atoms with E-state index in [1.54, 1.807) is 0 Å². The summed E-state index contributed by atoms with van der Waals surface area (Å²) in [5.41, 5.74) is 1.72. The summed E-state index contributed by atoms with van der Waals surface area (Å²) in [5, 5.41) is 8.74. The molecule has 0 radical (unpaired) electrons. The molecule has 0 N–H and O–H groups in total. The molecule has 2 aromatic rings. The molecule has 5 heteroatoms. The molecule has 1 spiro atoms. The Bertz CT molecular complexity index is 734. The first-order valence-corrected chi connectivity index (χ1v) is 10.3. The second-order valence-corrected chi connectivity index (χ2v) is 8.82. The van der Waals surface area contributed by atoms with Gasteiger partial charge < -0.3 is 14.2 Å². The van der Waals surface area contributed by atoms with Gasteiger partial charge in [-0.05, 0) is 50.4 Å². The zero-order valence-electron chi connectivity index (χ0n) is 16.9. The van der Waals surface area contributed by atoms with Crippen LogP contribution in [0.2, 0.25) is 0 Å². The third-order valence-corrected chi connectivity index (χ3v) is 6.48. The second kappa shape index (κ2) is 7.72. The normalized spacial score (nSPS) is 23.5. The molecule has 2 aliphatic rings. The van der Waals surface area contributed by atoms with Crippen LogP contribution < -0.4 is 0 Å². The average molecular weight is 369 g/mol. The van der Waals surface area contributed by atoms with Gasteiger partial charge >= 0.3 is 0 Å². The van der Waals surface area contributed by atoms with Crippen molar-refractivity contribution in [3.63, 3.8) is 0 Å². The van der Waals surface area contributed by atoms with E-state index < -0.39 is 0 Å². The molecule has 1 unspecified atom stereocenters. The minimum Gasteiger partial charge on any atom is -0.425 e. The minimum atomic E-state index is 0.290. The predicted molar refractivity (Wildman–Crippen MR) is 107 cm³/mol. The summed E-state index contributed by atoms with van der Waals surface area (Å²) in [5.74, 6) is 2.30. The van der Waals surface area contributed by atoms with Gasteiger partial charge in [0, 0.05) is 25.6 Å². The first kappa shape index (κ1) is 18.6. The third kappa shape index (κ3) is 3.94. The lowest BCUT2D eigenvalue weighted by molar-refractivity contribution is 0.0924. The number of likely N-dealkylation sites (tertiary alicyclic amines) is 2. The van der Waals surface area contributed by atoms with Crippen LogP contribution in [0, 0.1) is 5.41 Å². The van der Waals surface area contributed by atoms with E-state index in [9.17, 15) is 0 Å². The Labute approximate surface area is 162 Å². The monoisotopic (exact) mass is 368 g/mol. The molecule has 2 fully saturated rings. The fourth-order valence-corrected chi connectivity index (χ4v) is 4.84. The molecule has 1 atom stereocenters. The standard InChI is InChI=1S/C22H32N4O/c1-17(2)20-23-24-21(27-20)19-15-25(3)16-22(19)10-13-26(14-11-22)12-9-18-7-5-4-6-8-18/h4-8,17,19H,9-16H2,1-3H3. The molecule has 2 aliphatic heterocycles. The maximum absolute atomic E-state index is 6.07. The smallest absolute Gasteiger partial charge is 0.221 e. The molecule has 2 saturated heterocycles. The van der Waals surface area contributed by atoms with E-state index in [-0.39, 0.29) is 0 Å². The van der Waals surface area contributed by atoms with Crippen LogP contribution >= 0.6 is 0 Å². The van der Waals surface area contributed by atoms with Crippen molar-refractivity contribution in [3.05, 3.63) is 47.7 Å². The maximum Gasteiger partial charge on any atom is 0.221 e. The van der Waals surface area contributed by atoms with E-state index >= 15 is 0 Å². The molecule has 0 bridgehead atoms. The number of nitrogens with zero attached hydrogens (tertiary/aromatic N) is 4. The SMILES string of the molecule is CC(C)c1nnc(C2CN(C)CC23CCN(CCc2ccccc2)CC3)o1. The van der Waals surface area contributed by atoms with Crippen LogP contribution in [0.4, 0.5) is 0 Å². The topological polar surface area (TPSA) is 45.4 Å². The first-order chi connectivity index (χ1) is 13.1. The van der Waals surface area contributed by atoms with Crippen LogP contribution in [0.5, 0.6) is 0 Å². The summed E-state index contributed by atoms with van der Waals surface area (Å²) >= 11 is 0. The minimum absolute atomic E-state index is 0.290. The lowest BCUT2D eigenvalue weighted by Gasteiger charge is -2.41. The number of likely N-dealkylation sites (N-methyl/N-ethyl adjacent to an activating group) is 1. The Balaban J connectivity index is 1.40. The highest BCUT2D eigenvalue weighted by atomic mass is 16.4. The lowest BCUT2D eigenvalue weighted by Crippen LogP contribution is -2.44. The molecule has 146 valence electrons. The average Bonchev–Trinajstić information content (AvgIpc) is 3.27. The van der Waals surface area contributed by atoms with Gasteiger partial charge in [-0.3, -0.25) is 0 Å². The molecule has 4 rings (SSSR count). The van der Waals surface area contributed by atoms with Crippen LogP contribution in [0.3, 0.4) is 0 Å². The number of hydrogen-bond donors (Lipinski definition) is 0. The van der Waals surface area contributed by atoms with Gasteiger partial charge in [-0.15, -0.1) is 10.2 Å². The number of rotatable bonds is 5. The molecule has 1 aromatic carbocycles. The van der Waals surface area contributed by atoms with Gasteiger partial charge in [0.15, 0.2) is 0 Å². The summed E-state index contributed by atoms with van der Waals surface area (Å²) in [4.78, 5) is 5.07. The predicted octanol–water partition coefficient (Wildman–Crippen LogP) is 3.55. The van der Waals surface area contributed by atoms with Gasteiger partial charge in [0.1, 0.15) is 0 Å².